The maximum Gasteiger partial charge on any atom is 0.387 e. The molecule has 1 unspecified atom stereocenters. The van der Waals surface area contributed by atoms with Crippen LogP contribution in [-0.4, -0.2) is 27.6 Å². The van der Waals surface area contributed by atoms with Crippen molar-refractivity contribution in [3.8, 4) is 17.1 Å². The third-order valence-electron chi connectivity index (χ3n) is 6.83. The summed E-state index contributed by atoms with van der Waals surface area (Å²) in [4.78, 5) is 7.75. The summed E-state index contributed by atoms with van der Waals surface area (Å²) < 4.78 is 32.2. The second kappa shape index (κ2) is 12.3. The molecule has 35 heavy (non-hydrogen) atoms. The normalized spacial score (nSPS) is 15.5. The molecular weight excluding hydrogens is 444 g/mol. The SMILES string of the molecule is CCCCN(Cc1ccc(OC(F)F)cc1)C1CCCc2nc(-c3ccccc3)n(CCCC)c21. The molecular formula is C29H37F2N3O. The molecule has 0 saturated heterocycles. The summed E-state index contributed by atoms with van der Waals surface area (Å²) in [6, 6.07) is 17.9. The molecule has 2 aromatic carbocycles. The molecule has 0 saturated carbocycles. The monoisotopic (exact) mass is 481 g/mol. The van der Waals surface area contributed by atoms with Crippen molar-refractivity contribution in [3.63, 3.8) is 0 Å². The van der Waals surface area contributed by atoms with Gasteiger partial charge in [-0.15, -0.1) is 0 Å². The molecule has 0 spiro atoms. The molecule has 1 heterocycles. The Balaban J connectivity index is 1.67. The van der Waals surface area contributed by atoms with Crippen LogP contribution in [0.25, 0.3) is 11.4 Å². The molecule has 1 aliphatic carbocycles. The molecule has 1 atom stereocenters. The topological polar surface area (TPSA) is 30.3 Å². The standard InChI is InChI=1S/C29H37F2N3O/c1-3-5-19-33(21-22-15-17-24(18-16-22)35-29(30)31)26-14-10-13-25-27(26)34(20-6-4-2)28(32-25)23-11-8-7-9-12-23/h7-9,11-12,15-18,26,29H,3-6,10,13-14,19-21H2,1-2H3. The van der Waals surface area contributed by atoms with E-state index in [9.17, 15) is 8.78 Å². The number of aryl methyl sites for hydroxylation is 1. The first kappa shape index (κ1) is 25.4. The van der Waals surface area contributed by atoms with Crippen LogP contribution in [0.1, 0.15) is 75.4 Å². The molecule has 1 aliphatic rings. The number of hydrogen-bond donors (Lipinski definition) is 0. The van der Waals surface area contributed by atoms with E-state index in [1.54, 1.807) is 12.1 Å². The summed E-state index contributed by atoms with van der Waals surface area (Å²) in [5.41, 5.74) is 4.89. The van der Waals surface area contributed by atoms with Gasteiger partial charge in [0, 0.05) is 18.7 Å². The van der Waals surface area contributed by atoms with Crippen LogP contribution in [-0.2, 0) is 19.5 Å². The number of nitrogens with zero attached hydrogens (tertiary/aromatic N) is 3. The zero-order valence-electron chi connectivity index (χ0n) is 20.9. The van der Waals surface area contributed by atoms with E-state index in [0.717, 1.165) is 76.0 Å². The number of benzene rings is 2. The van der Waals surface area contributed by atoms with Crippen molar-refractivity contribution in [1.29, 1.82) is 0 Å². The van der Waals surface area contributed by atoms with Crippen LogP contribution in [0.3, 0.4) is 0 Å². The number of halogens is 2. The van der Waals surface area contributed by atoms with Crippen molar-refractivity contribution in [2.24, 2.45) is 0 Å². The highest BCUT2D eigenvalue weighted by molar-refractivity contribution is 5.57. The molecule has 4 rings (SSSR count). The fraction of sp³-hybridized carbons (Fsp3) is 0.483. The fourth-order valence-corrected chi connectivity index (χ4v) is 5.09. The number of imidazole rings is 1. The smallest absolute Gasteiger partial charge is 0.387 e. The minimum atomic E-state index is -2.80. The van der Waals surface area contributed by atoms with Crippen molar-refractivity contribution in [1.82, 2.24) is 14.5 Å². The Labute approximate surface area is 207 Å². The Morgan fingerprint density at radius 1 is 1.03 bits per heavy atom. The van der Waals surface area contributed by atoms with Gasteiger partial charge >= 0.3 is 6.61 Å². The number of unbranched alkanes of at least 4 members (excludes halogenated alkanes) is 2. The van der Waals surface area contributed by atoms with Gasteiger partial charge in [-0.05, 0) is 56.3 Å². The minimum absolute atomic E-state index is 0.203. The Bertz CT molecular complexity index is 1050. The maximum atomic E-state index is 12.6. The van der Waals surface area contributed by atoms with Crippen molar-refractivity contribution >= 4 is 0 Å². The Hall–Kier alpha value is -2.73. The Morgan fingerprint density at radius 2 is 1.77 bits per heavy atom. The molecule has 0 bridgehead atoms. The highest BCUT2D eigenvalue weighted by Crippen LogP contribution is 2.38. The van der Waals surface area contributed by atoms with Gasteiger partial charge in [0.2, 0.25) is 0 Å². The fourth-order valence-electron chi connectivity index (χ4n) is 5.09. The molecule has 0 aliphatic heterocycles. The summed E-state index contributed by atoms with van der Waals surface area (Å²) in [7, 11) is 0. The largest absolute Gasteiger partial charge is 0.435 e. The van der Waals surface area contributed by atoms with Gasteiger partial charge in [-0.1, -0.05) is 69.2 Å². The average Bonchev–Trinajstić information content (AvgIpc) is 3.25. The first-order valence-corrected chi connectivity index (χ1v) is 13.0. The maximum absolute atomic E-state index is 12.6. The van der Waals surface area contributed by atoms with Gasteiger partial charge in [0.15, 0.2) is 0 Å². The van der Waals surface area contributed by atoms with Crippen LogP contribution in [0.5, 0.6) is 5.75 Å². The van der Waals surface area contributed by atoms with Gasteiger partial charge in [0.05, 0.1) is 17.4 Å². The number of aromatic nitrogens is 2. The summed E-state index contributed by atoms with van der Waals surface area (Å²) >= 11 is 0. The van der Waals surface area contributed by atoms with Crippen LogP contribution in [0.15, 0.2) is 54.6 Å². The molecule has 188 valence electrons. The van der Waals surface area contributed by atoms with Crippen LogP contribution in [0.4, 0.5) is 8.78 Å². The van der Waals surface area contributed by atoms with Gasteiger partial charge in [-0.3, -0.25) is 4.90 Å². The third-order valence-corrected chi connectivity index (χ3v) is 6.83. The second-order valence-electron chi connectivity index (χ2n) is 9.39. The summed E-state index contributed by atoms with van der Waals surface area (Å²) in [5.74, 6) is 1.29. The van der Waals surface area contributed by atoms with Gasteiger partial charge in [0.1, 0.15) is 11.6 Å². The van der Waals surface area contributed by atoms with Gasteiger partial charge in [0.25, 0.3) is 0 Å². The van der Waals surface area contributed by atoms with Crippen LogP contribution < -0.4 is 4.74 Å². The number of rotatable bonds is 12. The van der Waals surface area contributed by atoms with Gasteiger partial charge in [-0.25, -0.2) is 4.98 Å². The molecule has 0 N–H and O–H groups in total. The van der Waals surface area contributed by atoms with Crippen LogP contribution in [0.2, 0.25) is 0 Å². The number of ether oxygens (including phenoxy) is 1. The zero-order valence-corrected chi connectivity index (χ0v) is 20.9. The molecule has 3 aromatic rings. The number of fused-ring (bicyclic) bond motifs is 1. The quantitative estimate of drug-likeness (QED) is 0.266. The van der Waals surface area contributed by atoms with Crippen molar-refractivity contribution in [2.75, 3.05) is 6.54 Å². The van der Waals surface area contributed by atoms with Crippen molar-refractivity contribution < 1.29 is 13.5 Å². The third kappa shape index (κ3) is 6.29. The van der Waals surface area contributed by atoms with E-state index >= 15 is 0 Å². The summed E-state index contributed by atoms with van der Waals surface area (Å²) in [6.07, 6.45) is 7.75. The van der Waals surface area contributed by atoms with E-state index in [0.29, 0.717) is 6.04 Å². The van der Waals surface area contributed by atoms with E-state index in [-0.39, 0.29) is 5.75 Å². The first-order chi connectivity index (χ1) is 17.1. The average molecular weight is 482 g/mol. The molecule has 0 fully saturated rings. The molecule has 4 nitrogen and oxygen atoms in total. The van der Waals surface area contributed by atoms with Crippen molar-refractivity contribution in [2.45, 2.75) is 84.5 Å². The minimum Gasteiger partial charge on any atom is -0.435 e. The number of hydrogen-bond acceptors (Lipinski definition) is 3. The van der Waals surface area contributed by atoms with Crippen LogP contribution in [0, 0.1) is 0 Å². The molecule has 0 radical (unpaired) electrons. The van der Waals surface area contributed by atoms with E-state index < -0.39 is 6.61 Å². The summed E-state index contributed by atoms with van der Waals surface area (Å²) in [6.45, 7) is 4.40. The van der Waals surface area contributed by atoms with E-state index in [2.05, 4.69) is 58.4 Å². The predicted molar refractivity (Wildman–Crippen MR) is 137 cm³/mol. The Kier molecular flexibility index (Phi) is 8.91. The zero-order chi connectivity index (χ0) is 24.6. The lowest BCUT2D eigenvalue weighted by Crippen LogP contribution is -2.33. The highest BCUT2D eigenvalue weighted by atomic mass is 19.3. The van der Waals surface area contributed by atoms with Crippen LogP contribution >= 0.6 is 0 Å². The first-order valence-electron chi connectivity index (χ1n) is 13.0. The summed E-state index contributed by atoms with van der Waals surface area (Å²) in [5, 5.41) is 0. The van der Waals surface area contributed by atoms with E-state index in [1.165, 1.54) is 17.0 Å². The highest BCUT2D eigenvalue weighted by Gasteiger charge is 2.32. The van der Waals surface area contributed by atoms with E-state index in [1.807, 2.05) is 12.1 Å². The predicted octanol–water partition coefficient (Wildman–Crippen LogP) is 7.63. The Morgan fingerprint density at radius 3 is 2.46 bits per heavy atom. The molecule has 1 aromatic heterocycles. The lowest BCUT2D eigenvalue weighted by molar-refractivity contribution is -0.0498. The second-order valence-corrected chi connectivity index (χ2v) is 9.39. The van der Waals surface area contributed by atoms with E-state index in [4.69, 9.17) is 4.98 Å². The van der Waals surface area contributed by atoms with Gasteiger partial charge in [-0.2, -0.15) is 8.78 Å². The number of alkyl halides is 2. The lowest BCUT2D eigenvalue weighted by atomic mass is 9.93. The lowest BCUT2D eigenvalue weighted by Gasteiger charge is -2.35. The molecule has 0 amide bonds. The van der Waals surface area contributed by atoms with Crippen molar-refractivity contribution in [3.05, 3.63) is 71.5 Å². The molecule has 6 heteroatoms. The van der Waals surface area contributed by atoms with Gasteiger partial charge < -0.3 is 9.30 Å².